The van der Waals surface area contributed by atoms with Crippen LogP contribution < -0.4 is 10.1 Å². The number of rotatable bonds is 8. The van der Waals surface area contributed by atoms with Gasteiger partial charge in [0.1, 0.15) is 5.75 Å². The monoisotopic (exact) mass is 459 g/mol. The van der Waals surface area contributed by atoms with Gasteiger partial charge in [-0.3, -0.25) is 10.1 Å². The van der Waals surface area contributed by atoms with Crippen LogP contribution in [0.15, 0.2) is 52.7 Å². The number of hydrogen-bond acceptors (Lipinski definition) is 6. The molecule has 0 atom stereocenters. The third-order valence-corrected chi connectivity index (χ3v) is 7.70. The Bertz CT molecular complexity index is 1170. The maximum Gasteiger partial charge on any atom is 0.257 e. The highest BCUT2D eigenvalue weighted by Crippen LogP contribution is 2.29. The van der Waals surface area contributed by atoms with E-state index in [0.717, 1.165) is 22.6 Å². The zero-order chi connectivity index (χ0) is 22.6. The minimum atomic E-state index is -3.56. The van der Waals surface area contributed by atoms with E-state index in [4.69, 9.17) is 4.74 Å². The molecule has 0 aliphatic rings. The highest BCUT2D eigenvalue weighted by Gasteiger charge is 2.21. The van der Waals surface area contributed by atoms with E-state index in [2.05, 4.69) is 10.3 Å². The fraction of sp³-hybridized carbons (Fsp3) is 0.273. The Morgan fingerprint density at radius 2 is 1.81 bits per heavy atom. The second-order valence-corrected chi connectivity index (χ2v) is 9.59. The maximum atomic E-state index is 12.6. The molecule has 1 heterocycles. The van der Waals surface area contributed by atoms with Gasteiger partial charge >= 0.3 is 0 Å². The molecule has 3 aromatic rings. The molecule has 0 radical (unpaired) electrons. The Hall–Kier alpha value is -2.75. The van der Waals surface area contributed by atoms with Crippen molar-refractivity contribution < 1.29 is 17.9 Å². The van der Waals surface area contributed by atoms with Crippen molar-refractivity contribution in [2.24, 2.45) is 0 Å². The lowest BCUT2D eigenvalue weighted by atomic mass is 10.1. The summed E-state index contributed by atoms with van der Waals surface area (Å²) in [6.07, 6.45) is 0. The van der Waals surface area contributed by atoms with Gasteiger partial charge in [-0.15, -0.1) is 11.3 Å². The maximum absolute atomic E-state index is 12.6. The van der Waals surface area contributed by atoms with E-state index < -0.39 is 10.0 Å². The van der Waals surface area contributed by atoms with Gasteiger partial charge in [0.2, 0.25) is 10.0 Å². The van der Waals surface area contributed by atoms with Gasteiger partial charge in [-0.05, 0) is 55.0 Å². The number of methoxy groups -OCH3 is 1. The average molecular weight is 460 g/mol. The molecule has 0 saturated heterocycles. The molecule has 9 heteroatoms. The summed E-state index contributed by atoms with van der Waals surface area (Å²) in [6, 6.07) is 11.7. The van der Waals surface area contributed by atoms with Crippen LogP contribution in [0.1, 0.15) is 29.8 Å². The Kier molecular flexibility index (Phi) is 7.09. The van der Waals surface area contributed by atoms with Crippen LogP contribution in [-0.4, -0.2) is 43.8 Å². The van der Waals surface area contributed by atoms with E-state index in [9.17, 15) is 13.2 Å². The van der Waals surface area contributed by atoms with Crippen molar-refractivity contribution in [3.05, 3.63) is 59.0 Å². The molecular formula is C22H25N3O4S2. The number of nitrogens with zero attached hydrogens (tertiary/aromatic N) is 2. The summed E-state index contributed by atoms with van der Waals surface area (Å²) in [5.74, 6) is 0.456. The van der Waals surface area contributed by atoms with E-state index in [1.165, 1.54) is 39.9 Å². The van der Waals surface area contributed by atoms with Crippen molar-refractivity contribution in [2.75, 3.05) is 25.5 Å². The molecule has 31 heavy (non-hydrogen) atoms. The third-order valence-electron chi connectivity index (χ3n) is 4.87. The summed E-state index contributed by atoms with van der Waals surface area (Å²) < 4.78 is 31.8. The van der Waals surface area contributed by atoms with Crippen LogP contribution in [0.3, 0.4) is 0 Å². The molecule has 164 valence electrons. The van der Waals surface area contributed by atoms with Gasteiger partial charge in [0, 0.05) is 29.6 Å². The molecular weight excluding hydrogens is 434 g/mol. The molecule has 0 spiro atoms. The molecule has 0 aliphatic heterocycles. The zero-order valence-electron chi connectivity index (χ0n) is 17.9. The number of anilines is 1. The summed E-state index contributed by atoms with van der Waals surface area (Å²) in [7, 11) is -1.93. The molecule has 0 fully saturated rings. The molecule has 3 rings (SSSR count). The van der Waals surface area contributed by atoms with E-state index in [-0.39, 0.29) is 10.8 Å². The number of aryl methyl sites for hydroxylation is 1. The minimum absolute atomic E-state index is 0.166. The number of carbonyl (C=O) groups is 1. The highest BCUT2D eigenvalue weighted by molar-refractivity contribution is 7.89. The van der Waals surface area contributed by atoms with Crippen LogP contribution in [-0.2, 0) is 10.0 Å². The number of hydrogen-bond donors (Lipinski definition) is 1. The van der Waals surface area contributed by atoms with Crippen LogP contribution in [0.2, 0.25) is 0 Å². The number of amides is 1. The van der Waals surface area contributed by atoms with E-state index in [1.807, 2.05) is 30.5 Å². The van der Waals surface area contributed by atoms with Crippen molar-refractivity contribution in [3.63, 3.8) is 0 Å². The largest absolute Gasteiger partial charge is 0.496 e. The van der Waals surface area contributed by atoms with E-state index >= 15 is 0 Å². The Labute approximate surface area is 186 Å². The van der Waals surface area contributed by atoms with Crippen LogP contribution >= 0.6 is 11.3 Å². The number of sulfonamides is 1. The van der Waals surface area contributed by atoms with Gasteiger partial charge in [0.05, 0.1) is 17.7 Å². The molecule has 1 N–H and O–H groups in total. The summed E-state index contributed by atoms with van der Waals surface area (Å²) in [4.78, 5) is 17.2. The number of ether oxygens (including phenoxy) is 1. The quantitative estimate of drug-likeness (QED) is 0.539. The first-order valence-corrected chi connectivity index (χ1v) is 12.1. The first-order chi connectivity index (χ1) is 14.8. The highest BCUT2D eigenvalue weighted by atomic mass is 32.2. The lowest BCUT2D eigenvalue weighted by Gasteiger charge is -2.18. The number of carbonyl (C=O) groups excluding carboxylic acids is 1. The van der Waals surface area contributed by atoms with Gasteiger partial charge < -0.3 is 4.74 Å². The topological polar surface area (TPSA) is 88.6 Å². The summed E-state index contributed by atoms with van der Waals surface area (Å²) in [6.45, 7) is 6.32. The molecule has 7 nitrogen and oxygen atoms in total. The van der Waals surface area contributed by atoms with Gasteiger partial charge in [0.25, 0.3) is 5.91 Å². The normalized spacial score (nSPS) is 11.5. The van der Waals surface area contributed by atoms with Crippen molar-refractivity contribution in [1.82, 2.24) is 9.29 Å². The molecule has 2 aromatic carbocycles. The number of thiazole rings is 1. The molecule has 1 aromatic heterocycles. The first kappa shape index (κ1) is 22.9. The van der Waals surface area contributed by atoms with Crippen LogP contribution in [0.5, 0.6) is 5.75 Å². The SMILES string of the molecule is CCN(CC)S(=O)(=O)c1ccc(C(=O)Nc2nc(-c3ccc(OC)c(C)c3)cs2)cc1. The summed E-state index contributed by atoms with van der Waals surface area (Å²) >= 11 is 1.32. The smallest absolute Gasteiger partial charge is 0.257 e. The van der Waals surface area contributed by atoms with E-state index in [0.29, 0.717) is 23.8 Å². The molecule has 0 aliphatic carbocycles. The zero-order valence-corrected chi connectivity index (χ0v) is 19.5. The fourth-order valence-electron chi connectivity index (χ4n) is 3.16. The average Bonchev–Trinajstić information content (AvgIpc) is 3.23. The molecule has 0 bridgehead atoms. The number of benzene rings is 2. The van der Waals surface area contributed by atoms with Crippen LogP contribution in [0, 0.1) is 6.92 Å². The second kappa shape index (κ2) is 9.59. The predicted molar refractivity (Wildman–Crippen MR) is 123 cm³/mol. The Balaban J connectivity index is 1.73. The van der Waals surface area contributed by atoms with Crippen molar-refractivity contribution in [2.45, 2.75) is 25.7 Å². The van der Waals surface area contributed by atoms with Gasteiger partial charge in [-0.2, -0.15) is 4.31 Å². The van der Waals surface area contributed by atoms with Crippen molar-refractivity contribution in [3.8, 4) is 17.0 Å². The van der Waals surface area contributed by atoms with Crippen LogP contribution in [0.4, 0.5) is 5.13 Å². The van der Waals surface area contributed by atoms with Gasteiger partial charge in [-0.25, -0.2) is 13.4 Å². The standard InChI is InChI=1S/C22H25N3O4S2/c1-5-25(6-2)31(27,28)18-10-7-16(8-11-18)21(26)24-22-23-19(14-30-22)17-9-12-20(29-4)15(3)13-17/h7-14H,5-6H2,1-4H3,(H,23,24,26). The molecule has 1 amide bonds. The Morgan fingerprint density at radius 3 is 2.39 bits per heavy atom. The third kappa shape index (κ3) is 4.95. The summed E-state index contributed by atoms with van der Waals surface area (Å²) in [5.41, 5.74) is 3.04. The summed E-state index contributed by atoms with van der Waals surface area (Å²) in [5, 5.41) is 5.11. The first-order valence-electron chi connectivity index (χ1n) is 9.82. The number of aromatic nitrogens is 1. The Morgan fingerprint density at radius 1 is 1.13 bits per heavy atom. The lowest BCUT2D eigenvalue weighted by Crippen LogP contribution is -2.30. The van der Waals surface area contributed by atoms with Crippen LogP contribution in [0.25, 0.3) is 11.3 Å². The number of nitrogens with one attached hydrogen (secondary N) is 1. The van der Waals surface area contributed by atoms with Crippen molar-refractivity contribution >= 4 is 32.4 Å². The van der Waals surface area contributed by atoms with Crippen molar-refractivity contribution in [1.29, 1.82) is 0 Å². The fourth-order valence-corrected chi connectivity index (χ4v) is 5.33. The molecule has 0 unspecified atom stereocenters. The van der Waals surface area contributed by atoms with Gasteiger partial charge in [-0.1, -0.05) is 13.8 Å². The predicted octanol–water partition coefficient (Wildman–Crippen LogP) is 4.41. The lowest BCUT2D eigenvalue weighted by molar-refractivity contribution is 0.102. The van der Waals surface area contributed by atoms with E-state index in [1.54, 1.807) is 21.0 Å². The second-order valence-electron chi connectivity index (χ2n) is 6.79. The minimum Gasteiger partial charge on any atom is -0.496 e. The molecule has 0 saturated carbocycles. The van der Waals surface area contributed by atoms with Gasteiger partial charge in [0.15, 0.2) is 5.13 Å².